The zero-order chi connectivity index (χ0) is 16.7. The second-order valence-corrected chi connectivity index (χ2v) is 9.55. The molecule has 0 saturated heterocycles. The number of amides is 2. The molecule has 0 unspecified atom stereocenters. The molecule has 1 aromatic carbocycles. The van der Waals surface area contributed by atoms with E-state index in [0.29, 0.717) is 16.8 Å². The predicted molar refractivity (Wildman–Crippen MR) is 85.9 cm³/mol. The van der Waals surface area contributed by atoms with Crippen LogP contribution in [0.2, 0.25) is 11.1 Å². The van der Waals surface area contributed by atoms with Gasteiger partial charge in [0, 0.05) is 0 Å². The summed E-state index contributed by atoms with van der Waals surface area (Å²) in [5, 5.41) is 6.49. The topological polar surface area (TPSA) is 77.3 Å². The van der Waals surface area contributed by atoms with Gasteiger partial charge in [-0.05, 0) is 30.1 Å². The van der Waals surface area contributed by atoms with Gasteiger partial charge in [0.25, 0.3) is 0 Å². The molecule has 2 amide bonds. The Balaban J connectivity index is 2.54. The fourth-order valence-electron chi connectivity index (χ4n) is 1.99. The van der Waals surface area contributed by atoms with E-state index in [2.05, 4.69) is 10.2 Å². The molecule has 0 aliphatic rings. The summed E-state index contributed by atoms with van der Waals surface area (Å²) < 4.78 is 10.2. The van der Waals surface area contributed by atoms with E-state index in [-0.39, 0.29) is 0 Å². The Kier molecular flexibility index (Phi) is 6.91. The van der Waals surface area contributed by atoms with Gasteiger partial charge in [0.2, 0.25) is 9.04 Å². The van der Waals surface area contributed by atoms with Gasteiger partial charge in [0.1, 0.15) is 5.75 Å². The van der Waals surface area contributed by atoms with Crippen LogP contribution >= 0.6 is 0 Å². The fraction of sp³-hybridized carbons (Fsp3) is 0.467. The molecule has 0 aromatic heterocycles. The summed E-state index contributed by atoms with van der Waals surface area (Å²) >= 11 is 0. The number of hydrogen-bond acceptors (Lipinski definition) is 4. The molecule has 7 heteroatoms. The van der Waals surface area contributed by atoms with Crippen molar-refractivity contribution >= 4 is 21.2 Å². The van der Waals surface area contributed by atoms with Gasteiger partial charge in [-0.2, -0.15) is 0 Å². The van der Waals surface area contributed by atoms with E-state index in [1.54, 1.807) is 24.3 Å². The number of nitrogens with zero attached hydrogens (tertiary/aromatic N) is 2. The van der Waals surface area contributed by atoms with E-state index in [9.17, 15) is 9.59 Å². The highest BCUT2D eigenvalue weighted by molar-refractivity contribution is 6.56. The molecule has 0 spiro atoms. The van der Waals surface area contributed by atoms with Gasteiger partial charge in [-0.3, -0.25) is 0 Å². The van der Waals surface area contributed by atoms with E-state index in [0.717, 1.165) is 5.56 Å². The average molecular weight is 322 g/mol. The van der Waals surface area contributed by atoms with Gasteiger partial charge >= 0.3 is 12.2 Å². The fourth-order valence-corrected chi connectivity index (χ4v) is 4.36. The van der Waals surface area contributed by atoms with E-state index < -0.39 is 21.2 Å². The number of azo groups is 1. The van der Waals surface area contributed by atoms with Crippen molar-refractivity contribution in [2.24, 2.45) is 10.2 Å². The zero-order valence-electron chi connectivity index (χ0n) is 13.6. The highest BCUT2D eigenvalue weighted by Crippen LogP contribution is 2.21. The van der Waals surface area contributed by atoms with Crippen molar-refractivity contribution in [3.8, 4) is 5.75 Å². The second kappa shape index (κ2) is 8.43. The number of benzene rings is 1. The molecule has 1 rings (SSSR count). The molecule has 0 aliphatic carbocycles. The van der Waals surface area contributed by atoms with Crippen molar-refractivity contribution in [2.45, 2.75) is 45.7 Å². The van der Waals surface area contributed by atoms with E-state index >= 15 is 0 Å². The van der Waals surface area contributed by atoms with Crippen LogP contribution in [-0.4, -0.2) is 21.2 Å². The largest absolute Gasteiger partial charge is 0.503 e. The van der Waals surface area contributed by atoms with Crippen molar-refractivity contribution < 1.29 is 18.8 Å². The van der Waals surface area contributed by atoms with Crippen LogP contribution in [0, 0.1) is 6.92 Å². The second-order valence-electron chi connectivity index (χ2n) is 5.72. The molecule has 22 heavy (non-hydrogen) atoms. The average Bonchev–Trinajstić information content (AvgIpc) is 2.44. The normalized spacial score (nSPS) is 11.5. The molecule has 0 saturated carbocycles. The van der Waals surface area contributed by atoms with Gasteiger partial charge in [-0.15, -0.1) is 0 Å². The maximum atomic E-state index is 11.6. The molecule has 0 heterocycles. The number of aryl methyl sites for hydroxylation is 1. The van der Waals surface area contributed by atoms with Crippen molar-refractivity contribution in [3.05, 3.63) is 29.8 Å². The first-order valence-electron chi connectivity index (χ1n) is 7.20. The molecule has 0 atom stereocenters. The number of hydrogen-bond donors (Lipinski definition) is 0. The Morgan fingerprint density at radius 1 is 0.955 bits per heavy atom. The van der Waals surface area contributed by atoms with Gasteiger partial charge in [0.05, 0.1) is 0 Å². The summed E-state index contributed by atoms with van der Waals surface area (Å²) in [7, 11) is -1.73. The third-order valence-corrected chi connectivity index (χ3v) is 6.09. The summed E-state index contributed by atoms with van der Waals surface area (Å²) in [5.41, 5.74) is 1.63. The molecule has 6 nitrogen and oxygen atoms in total. The molecule has 0 aliphatic heterocycles. The molecular weight excluding hydrogens is 300 g/mol. The van der Waals surface area contributed by atoms with Gasteiger partial charge in [-0.25, -0.2) is 9.59 Å². The quantitative estimate of drug-likeness (QED) is 0.598. The van der Waals surface area contributed by atoms with E-state index in [4.69, 9.17) is 9.16 Å². The number of ether oxygens (including phenoxy) is 1. The van der Waals surface area contributed by atoms with E-state index in [1.807, 2.05) is 34.6 Å². The van der Waals surface area contributed by atoms with Crippen LogP contribution < -0.4 is 4.74 Å². The molecule has 0 N–H and O–H groups in total. The van der Waals surface area contributed by atoms with Crippen LogP contribution in [0.1, 0.15) is 33.3 Å². The van der Waals surface area contributed by atoms with Crippen LogP contribution in [-0.2, 0) is 4.43 Å². The summed E-state index contributed by atoms with van der Waals surface area (Å²) in [6, 6.07) is 6.88. The lowest BCUT2D eigenvalue weighted by atomic mass is 10.2. The maximum Gasteiger partial charge on any atom is 0.458 e. The Morgan fingerprint density at radius 3 is 1.95 bits per heavy atom. The summed E-state index contributed by atoms with van der Waals surface area (Å²) in [6.45, 7) is 9.95. The minimum atomic E-state index is -1.73. The third-order valence-electron chi connectivity index (χ3n) is 2.99. The van der Waals surface area contributed by atoms with E-state index in [1.165, 1.54) is 0 Å². The molecule has 0 fully saturated rings. The van der Waals surface area contributed by atoms with Crippen LogP contribution in [0.15, 0.2) is 34.5 Å². The standard InChI is InChI=1S/C15H22N2O4Si/c1-10(2)22(11(3)4)21-15(19)17-16-14(18)20-13-8-6-12(5)7-9-13/h6-11,22H,1-5H3. The first kappa shape index (κ1) is 18.0. The first-order valence-corrected chi connectivity index (χ1v) is 9.01. The molecule has 1 aromatic rings. The van der Waals surface area contributed by atoms with Crippen molar-refractivity contribution in [2.75, 3.05) is 0 Å². The summed E-state index contributed by atoms with van der Waals surface area (Å²) in [4.78, 5) is 23.1. The van der Waals surface area contributed by atoms with Crippen LogP contribution in [0.3, 0.4) is 0 Å². The van der Waals surface area contributed by atoms with Crippen LogP contribution in [0.4, 0.5) is 9.59 Å². The predicted octanol–water partition coefficient (Wildman–Crippen LogP) is 4.63. The van der Waals surface area contributed by atoms with Crippen LogP contribution in [0.5, 0.6) is 5.75 Å². The maximum absolute atomic E-state index is 11.6. The summed E-state index contributed by atoms with van der Waals surface area (Å²) in [6.07, 6.45) is -1.78. The lowest BCUT2D eigenvalue weighted by Gasteiger charge is -2.21. The summed E-state index contributed by atoms with van der Waals surface area (Å²) in [5.74, 6) is 0.347. The zero-order valence-corrected chi connectivity index (χ0v) is 14.7. The van der Waals surface area contributed by atoms with Crippen LogP contribution in [0.25, 0.3) is 0 Å². The van der Waals surface area contributed by atoms with Crippen molar-refractivity contribution in [1.29, 1.82) is 0 Å². The lowest BCUT2D eigenvalue weighted by Crippen LogP contribution is -2.27. The lowest BCUT2D eigenvalue weighted by molar-refractivity contribution is 0.199. The Hall–Kier alpha value is -2.02. The minimum absolute atomic E-state index is 0.290. The highest BCUT2D eigenvalue weighted by Gasteiger charge is 2.25. The Labute approximate surface area is 132 Å². The highest BCUT2D eigenvalue weighted by atomic mass is 28.3. The molecule has 0 bridgehead atoms. The minimum Gasteiger partial charge on any atom is -0.503 e. The van der Waals surface area contributed by atoms with Crippen molar-refractivity contribution in [1.82, 2.24) is 0 Å². The van der Waals surface area contributed by atoms with Gasteiger partial charge in [0.15, 0.2) is 0 Å². The number of carbonyl (C=O) groups is 2. The number of rotatable bonds is 4. The van der Waals surface area contributed by atoms with Crippen molar-refractivity contribution in [3.63, 3.8) is 0 Å². The monoisotopic (exact) mass is 322 g/mol. The smallest absolute Gasteiger partial charge is 0.458 e. The van der Waals surface area contributed by atoms with Gasteiger partial charge in [-0.1, -0.05) is 55.6 Å². The molecule has 0 radical (unpaired) electrons. The molecule has 120 valence electrons. The Morgan fingerprint density at radius 2 is 1.45 bits per heavy atom. The third kappa shape index (κ3) is 6.17. The SMILES string of the molecule is Cc1ccc(OC(=O)N=NC(=O)O[SiH](C(C)C)C(C)C)cc1. The number of carbonyl (C=O) groups excluding carboxylic acids is 2. The first-order chi connectivity index (χ1) is 10.3. The van der Waals surface area contributed by atoms with Gasteiger partial charge < -0.3 is 9.16 Å². The molecular formula is C15H22N2O4Si. The Bertz CT molecular complexity index is 533.